The summed E-state index contributed by atoms with van der Waals surface area (Å²) in [5.41, 5.74) is 2.12. The Kier molecular flexibility index (Phi) is 3.63. The first-order valence-corrected chi connectivity index (χ1v) is 7.71. The molecule has 0 bridgehead atoms. The van der Waals surface area contributed by atoms with Crippen molar-refractivity contribution >= 4 is 0 Å². The minimum absolute atomic E-state index is 0.298. The monoisotopic (exact) mass is 310 g/mol. The molecule has 1 fully saturated rings. The smallest absolute Gasteiger partial charge is 0.265 e. The van der Waals surface area contributed by atoms with E-state index in [2.05, 4.69) is 37.2 Å². The van der Waals surface area contributed by atoms with Crippen LogP contribution in [0.2, 0.25) is 0 Å². The molecule has 0 amide bonds. The second-order valence-electron chi connectivity index (χ2n) is 5.91. The fourth-order valence-electron chi connectivity index (χ4n) is 2.99. The van der Waals surface area contributed by atoms with Crippen LogP contribution >= 0.6 is 0 Å². The van der Waals surface area contributed by atoms with Gasteiger partial charge in [-0.3, -0.25) is 9.88 Å². The highest BCUT2D eigenvalue weighted by atomic mass is 16.4. The van der Waals surface area contributed by atoms with Crippen molar-refractivity contribution in [1.82, 2.24) is 29.6 Å². The van der Waals surface area contributed by atoms with Gasteiger partial charge in [0.1, 0.15) is 5.69 Å². The van der Waals surface area contributed by atoms with Crippen LogP contribution in [0.3, 0.4) is 0 Å². The zero-order valence-corrected chi connectivity index (χ0v) is 13.0. The Hall–Kier alpha value is -2.54. The van der Waals surface area contributed by atoms with Gasteiger partial charge in [0.25, 0.3) is 5.89 Å². The molecule has 23 heavy (non-hydrogen) atoms. The lowest BCUT2D eigenvalue weighted by atomic mass is 10.1. The Morgan fingerprint density at radius 2 is 2.09 bits per heavy atom. The van der Waals surface area contributed by atoms with Crippen molar-refractivity contribution in [3.63, 3.8) is 0 Å². The second-order valence-corrected chi connectivity index (χ2v) is 5.91. The highest BCUT2D eigenvalue weighted by Crippen LogP contribution is 2.29. The second kappa shape index (κ2) is 5.92. The highest BCUT2D eigenvalue weighted by molar-refractivity contribution is 5.44. The highest BCUT2D eigenvalue weighted by Gasteiger charge is 2.28. The molecular formula is C16H18N6O. The van der Waals surface area contributed by atoms with Crippen LogP contribution in [0.15, 0.2) is 41.5 Å². The van der Waals surface area contributed by atoms with Crippen molar-refractivity contribution < 1.29 is 4.42 Å². The lowest BCUT2D eigenvalue weighted by molar-refractivity contribution is 0.320. The largest absolute Gasteiger partial charge is 0.419 e. The summed E-state index contributed by atoms with van der Waals surface area (Å²) in [4.78, 5) is 10.6. The molecule has 3 aromatic rings. The number of imidazole rings is 1. The maximum Gasteiger partial charge on any atom is 0.265 e. The number of likely N-dealkylation sites (tertiary alicyclic amines) is 1. The average Bonchev–Trinajstić information content (AvgIpc) is 3.28. The van der Waals surface area contributed by atoms with Crippen molar-refractivity contribution in [3.05, 3.63) is 48.5 Å². The number of rotatable bonds is 4. The molecule has 0 aliphatic carbocycles. The SMILES string of the molecule is Cn1cncc1-c1nnc([C@H]2CCN(Cc3ccncc3)C2)o1. The van der Waals surface area contributed by atoms with Gasteiger partial charge in [0.05, 0.1) is 18.4 Å². The van der Waals surface area contributed by atoms with E-state index in [1.807, 2.05) is 24.0 Å². The van der Waals surface area contributed by atoms with E-state index in [0.717, 1.165) is 37.6 Å². The number of aryl methyl sites for hydroxylation is 1. The van der Waals surface area contributed by atoms with Crippen LogP contribution in [-0.2, 0) is 13.6 Å². The Labute approximate surface area is 134 Å². The van der Waals surface area contributed by atoms with Gasteiger partial charge >= 0.3 is 0 Å². The molecule has 1 aliphatic rings. The number of aromatic nitrogens is 5. The normalized spacial score (nSPS) is 18.6. The van der Waals surface area contributed by atoms with Crippen molar-refractivity contribution in [2.45, 2.75) is 18.9 Å². The van der Waals surface area contributed by atoms with Crippen LogP contribution < -0.4 is 0 Å². The molecule has 0 aromatic carbocycles. The van der Waals surface area contributed by atoms with E-state index < -0.39 is 0 Å². The summed E-state index contributed by atoms with van der Waals surface area (Å²) in [5, 5.41) is 8.41. The molecule has 7 heteroatoms. The van der Waals surface area contributed by atoms with Gasteiger partial charge in [-0.2, -0.15) is 0 Å². The molecule has 1 aliphatic heterocycles. The maximum absolute atomic E-state index is 5.87. The van der Waals surface area contributed by atoms with Crippen LogP contribution in [0, 0.1) is 0 Å². The van der Waals surface area contributed by atoms with Crippen LogP contribution in [-0.4, -0.2) is 42.7 Å². The molecule has 0 N–H and O–H groups in total. The molecule has 0 radical (unpaired) electrons. The van der Waals surface area contributed by atoms with Crippen LogP contribution in [0.5, 0.6) is 0 Å². The van der Waals surface area contributed by atoms with E-state index in [4.69, 9.17) is 4.42 Å². The predicted octanol–water partition coefficient (Wildman–Crippen LogP) is 1.85. The van der Waals surface area contributed by atoms with E-state index in [0.29, 0.717) is 11.8 Å². The summed E-state index contributed by atoms with van der Waals surface area (Å²) in [5.74, 6) is 1.55. The number of pyridine rings is 1. The van der Waals surface area contributed by atoms with Crippen molar-refractivity contribution in [1.29, 1.82) is 0 Å². The molecule has 1 saturated heterocycles. The lowest BCUT2D eigenvalue weighted by Gasteiger charge is -2.14. The number of hydrogen-bond donors (Lipinski definition) is 0. The van der Waals surface area contributed by atoms with Gasteiger partial charge < -0.3 is 8.98 Å². The van der Waals surface area contributed by atoms with Gasteiger partial charge in [-0.1, -0.05) is 0 Å². The standard InChI is InChI=1S/C16H18N6O/c1-21-11-18-8-14(21)16-20-19-15(23-16)13-4-7-22(10-13)9-12-2-5-17-6-3-12/h2-3,5-6,8,11,13H,4,7,9-10H2,1H3/t13-/m0/s1. The molecule has 0 unspecified atom stereocenters. The van der Waals surface area contributed by atoms with Crippen LogP contribution in [0.1, 0.15) is 23.8 Å². The van der Waals surface area contributed by atoms with Gasteiger partial charge in [-0.15, -0.1) is 10.2 Å². The van der Waals surface area contributed by atoms with E-state index in [9.17, 15) is 0 Å². The first-order chi connectivity index (χ1) is 11.3. The molecule has 4 heterocycles. The molecule has 0 saturated carbocycles. The third-order valence-corrected chi connectivity index (χ3v) is 4.25. The Balaban J connectivity index is 1.44. The lowest BCUT2D eigenvalue weighted by Crippen LogP contribution is -2.19. The molecule has 7 nitrogen and oxygen atoms in total. The average molecular weight is 310 g/mol. The third kappa shape index (κ3) is 2.87. The van der Waals surface area contributed by atoms with Gasteiger partial charge in [-0.05, 0) is 30.7 Å². The third-order valence-electron chi connectivity index (χ3n) is 4.25. The first kappa shape index (κ1) is 14.1. The molecule has 4 rings (SSSR count). The zero-order chi connectivity index (χ0) is 15.6. The molecule has 0 spiro atoms. The molecular weight excluding hydrogens is 292 g/mol. The van der Waals surface area contributed by atoms with Crippen molar-refractivity contribution in [2.75, 3.05) is 13.1 Å². The first-order valence-electron chi connectivity index (χ1n) is 7.71. The Morgan fingerprint density at radius 3 is 2.87 bits per heavy atom. The number of nitrogens with zero attached hydrogens (tertiary/aromatic N) is 6. The van der Waals surface area contributed by atoms with E-state index in [1.165, 1.54) is 5.56 Å². The van der Waals surface area contributed by atoms with Crippen LogP contribution in [0.4, 0.5) is 0 Å². The van der Waals surface area contributed by atoms with Gasteiger partial charge in [0, 0.05) is 32.5 Å². The Morgan fingerprint density at radius 1 is 1.22 bits per heavy atom. The summed E-state index contributed by atoms with van der Waals surface area (Å²) in [7, 11) is 1.91. The Bertz CT molecular complexity index is 781. The fourth-order valence-corrected chi connectivity index (χ4v) is 2.99. The zero-order valence-electron chi connectivity index (χ0n) is 13.0. The van der Waals surface area contributed by atoms with Gasteiger partial charge in [-0.25, -0.2) is 4.98 Å². The minimum Gasteiger partial charge on any atom is -0.419 e. The van der Waals surface area contributed by atoms with E-state index >= 15 is 0 Å². The summed E-state index contributed by atoms with van der Waals surface area (Å²) in [6.45, 7) is 2.91. The quantitative estimate of drug-likeness (QED) is 0.732. The minimum atomic E-state index is 0.298. The molecule has 1 atom stereocenters. The predicted molar refractivity (Wildman–Crippen MR) is 83.4 cm³/mol. The fraction of sp³-hybridized carbons (Fsp3) is 0.375. The molecule has 3 aromatic heterocycles. The van der Waals surface area contributed by atoms with Crippen LogP contribution in [0.25, 0.3) is 11.6 Å². The van der Waals surface area contributed by atoms with Gasteiger partial charge in [0.2, 0.25) is 5.89 Å². The summed E-state index contributed by atoms with van der Waals surface area (Å²) < 4.78 is 7.75. The summed E-state index contributed by atoms with van der Waals surface area (Å²) in [6.07, 6.45) is 8.17. The summed E-state index contributed by atoms with van der Waals surface area (Å²) >= 11 is 0. The molecule has 118 valence electrons. The van der Waals surface area contributed by atoms with Gasteiger partial charge in [0.15, 0.2) is 0 Å². The van der Waals surface area contributed by atoms with E-state index in [-0.39, 0.29) is 0 Å². The summed E-state index contributed by atoms with van der Waals surface area (Å²) in [6, 6.07) is 4.11. The topological polar surface area (TPSA) is 72.9 Å². The maximum atomic E-state index is 5.87. The van der Waals surface area contributed by atoms with Crippen molar-refractivity contribution in [3.8, 4) is 11.6 Å². The number of hydrogen-bond acceptors (Lipinski definition) is 6. The van der Waals surface area contributed by atoms with E-state index in [1.54, 1.807) is 12.5 Å². The van der Waals surface area contributed by atoms with Crippen molar-refractivity contribution in [2.24, 2.45) is 7.05 Å².